The molecule has 0 spiro atoms. The Balaban J connectivity index is 1.96. The van der Waals surface area contributed by atoms with Gasteiger partial charge in [-0.15, -0.1) is 0 Å². The first-order valence-corrected chi connectivity index (χ1v) is 8.27. The molecule has 1 aliphatic carbocycles. The van der Waals surface area contributed by atoms with Gasteiger partial charge in [0.1, 0.15) is 11.0 Å². The number of carbonyl (C=O) groups excluding carboxylic acids is 1. The van der Waals surface area contributed by atoms with Crippen LogP contribution in [0.25, 0.3) is 0 Å². The number of pyridine rings is 1. The second-order valence-electron chi connectivity index (χ2n) is 5.67. The van der Waals surface area contributed by atoms with Gasteiger partial charge in [0.05, 0.1) is 5.56 Å². The molecule has 1 fully saturated rings. The normalized spacial score (nSPS) is 15.7. The molecule has 1 heterocycles. The third-order valence-electron chi connectivity index (χ3n) is 3.92. The molecule has 4 nitrogen and oxygen atoms in total. The zero-order valence-electron chi connectivity index (χ0n) is 12.6. The zero-order valence-corrected chi connectivity index (χ0v) is 13.4. The topological polar surface area (TPSA) is 54.0 Å². The molecule has 1 saturated carbocycles. The number of hydrogen-bond acceptors (Lipinski definition) is 3. The number of nitrogens with zero attached hydrogens (tertiary/aromatic N) is 1. The predicted octanol–water partition coefficient (Wildman–Crippen LogP) is 3.87. The molecule has 2 N–H and O–H groups in total. The molecule has 1 aliphatic rings. The molecular weight excluding hydrogens is 286 g/mol. The van der Waals surface area contributed by atoms with Crippen molar-refractivity contribution in [2.75, 3.05) is 18.4 Å². The van der Waals surface area contributed by atoms with Gasteiger partial charge in [-0.25, -0.2) is 4.98 Å². The highest BCUT2D eigenvalue weighted by atomic mass is 35.5. The lowest BCUT2D eigenvalue weighted by Gasteiger charge is -2.22. The number of nitrogens with one attached hydrogen (secondary N) is 2. The maximum Gasteiger partial charge on any atom is 0.255 e. The molecule has 21 heavy (non-hydrogen) atoms. The lowest BCUT2D eigenvalue weighted by Crippen LogP contribution is -2.31. The molecule has 0 unspecified atom stereocenters. The number of amides is 1. The van der Waals surface area contributed by atoms with Crippen LogP contribution in [-0.2, 0) is 0 Å². The summed E-state index contributed by atoms with van der Waals surface area (Å²) in [5.74, 6) is 1.13. The smallest absolute Gasteiger partial charge is 0.255 e. The van der Waals surface area contributed by atoms with Gasteiger partial charge in [0.15, 0.2) is 0 Å². The van der Waals surface area contributed by atoms with E-state index in [0.29, 0.717) is 22.5 Å². The summed E-state index contributed by atoms with van der Waals surface area (Å²) in [4.78, 5) is 16.6. The van der Waals surface area contributed by atoms with Gasteiger partial charge in [0, 0.05) is 13.1 Å². The van der Waals surface area contributed by atoms with Crippen LogP contribution in [0, 0.1) is 5.92 Å². The van der Waals surface area contributed by atoms with E-state index in [9.17, 15) is 4.79 Å². The molecule has 0 atom stereocenters. The van der Waals surface area contributed by atoms with Crippen molar-refractivity contribution in [3.63, 3.8) is 0 Å². The second-order valence-corrected chi connectivity index (χ2v) is 6.06. The highest BCUT2D eigenvalue weighted by molar-refractivity contribution is 6.29. The molecule has 0 aliphatic heterocycles. The Bertz CT molecular complexity index is 473. The first-order valence-electron chi connectivity index (χ1n) is 7.89. The van der Waals surface area contributed by atoms with Gasteiger partial charge < -0.3 is 10.6 Å². The monoisotopic (exact) mass is 309 g/mol. The van der Waals surface area contributed by atoms with Gasteiger partial charge in [0.25, 0.3) is 5.91 Å². The van der Waals surface area contributed by atoms with Crippen LogP contribution in [0.2, 0.25) is 5.15 Å². The molecule has 2 rings (SSSR count). The zero-order chi connectivity index (χ0) is 15.1. The van der Waals surface area contributed by atoms with Crippen LogP contribution in [0.15, 0.2) is 12.1 Å². The van der Waals surface area contributed by atoms with Gasteiger partial charge in [-0.3, -0.25) is 4.79 Å². The summed E-state index contributed by atoms with van der Waals surface area (Å²) in [6, 6.07) is 3.40. The van der Waals surface area contributed by atoms with Gasteiger partial charge in [-0.1, -0.05) is 37.8 Å². The molecule has 0 radical (unpaired) electrons. The van der Waals surface area contributed by atoms with E-state index in [4.69, 9.17) is 11.6 Å². The van der Waals surface area contributed by atoms with Crippen LogP contribution >= 0.6 is 11.6 Å². The Hall–Kier alpha value is -1.29. The fraction of sp³-hybridized carbons (Fsp3) is 0.625. The number of anilines is 1. The highest BCUT2D eigenvalue weighted by Gasteiger charge is 2.17. The number of aromatic nitrogens is 1. The predicted molar refractivity (Wildman–Crippen MR) is 86.9 cm³/mol. The van der Waals surface area contributed by atoms with E-state index in [1.54, 1.807) is 12.1 Å². The summed E-state index contributed by atoms with van der Waals surface area (Å²) in [7, 11) is 0. The molecule has 0 bridgehead atoms. The molecule has 5 heteroatoms. The first-order chi connectivity index (χ1) is 10.2. The molecule has 1 amide bonds. The lowest BCUT2D eigenvalue weighted by molar-refractivity contribution is 0.0944. The van der Waals surface area contributed by atoms with Crippen molar-refractivity contribution in [3.05, 3.63) is 22.8 Å². The molecule has 0 aromatic carbocycles. The van der Waals surface area contributed by atoms with Crippen molar-refractivity contribution in [1.82, 2.24) is 10.3 Å². The van der Waals surface area contributed by atoms with Crippen molar-refractivity contribution in [1.29, 1.82) is 0 Å². The number of halogens is 1. The van der Waals surface area contributed by atoms with Crippen LogP contribution in [0.5, 0.6) is 0 Å². The van der Waals surface area contributed by atoms with E-state index in [1.807, 2.05) is 0 Å². The van der Waals surface area contributed by atoms with Crippen LogP contribution < -0.4 is 10.6 Å². The number of rotatable bonds is 6. The minimum absolute atomic E-state index is 0.0663. The van der Waals surface area contributed by atoms with E-state index in [1.165, 1.54) is 32.1 Å². The largest absolute Gasteiger partial charge is 0.369 e. The lowest BCUT2D eigenvalue weighted by atomic mass is 9.89. The Kier molecular flexibility index (Phi) is 6.30. The van der Waals surface area contributed by atoms with Gasteiger partial charge in [-0.05, 0) is 37.3 Å². The summed E-state index contributed by atoms with van der Waals surface area (Å²) < 4.78 is 0. The Labute approximate surface area is 131 Å². The van der Waals surface area contributed by atoms with Crippen molar-refractivity contribution >= 4 is 23.3 Å². The van der Waals surface area contributed by atoms with E-state index in [-0.39, 0.29) is 5.91 Å². The quantitative estimate of drug-likeness (QED) is 0.784. The summed E-state index contributed by atoms with van der Waals surface area (Å²) in [5.41, 5.74) is 0.573. The molecule has 0 saturated heterocycles. The molecule has 1 aromatic heterocycles. The third-order valence-corrected chi connectivity index (χ3v) is 4.13. The number of carbonyl (C=O) groups is 1. The van der Waals surface area contributed by atoms with Crippen molar-refractivity contribution < 1.29 is 4.79 Å². The van der Waals surface area contributed by atoms with Crippen molar-refractivity contribution in [2.45, 2.75) is 45.4 Å². The fourth-order valence-corrected chi connectivity index (χ4v) is 2.87. The molecule has 1 aromatic rings. The van der Waals surface area contributed by atoms with Crippen LogP contribution in [0.3, 0.4) is 0 Å². The first kappa shape index (κ1) is 16.1. The van der Waals surface area contributed by atoms with Crippen molar-refractivity contribution in [2.24, 2.45) is 5.92 Å². The minimum Gasteiger partial charge on any atom is -0.369 e. The van der Waals surface area contributed by atoms with E-state index >= 15 is 0 Å². The SMILES string of the molecule is CCCNc1nc(Cl)ccc1C(=O)NCC1CCCCC1. The van der Waals surface area contributed by atoms with Crippen LogP contribution in [0.1, 0.15) is 55.8 Å². The van der Waals surface area contributed by atoms with Crippen LogP contribution in [-0.4, -0.2) is 24.0 Å². The second kappa shape index (κ2) is 8.23. The summed E-state index contributed by atoms with van der Waals surface area (Å²) in [5, 5.41) is 6.61. The number of hydrogen-bond donors (Lipinski definition) is 2. The van der Waals surface area contributed by atoms with Gasteiger partial charge in [0.2, 0.25) is 0 Å². The van der Waals surface area contributed by atoms with Crippen LogP contribution in [0.4, 0.5) is 5.82 Å². The van der Waals surface area contributed by atoms with Gasteiger partial charge in [-0.2, -0.15) is 0 Å². The average Bonchev–Trinajstić information content (AvgIpc) is 2.51. The summed E-state index contributed by atoms with van der Waals surface area (Å²) in [6.45, 7) is 3.60. The highest BCUT2D eigenvalue weighted by Crippen LogP contribution is 2.23. The van der Waals surface area contributed by atoms with Gasteiger partial charge >= 0.3 is 0 Å². The van der Waals surface area contributed by atoms with Crippen molar-refractivity contribution in [3.8, 4) is 0 Å². The summed E-state index contributed by atoms with van der Waals surface area (Å²) in [6.07, 6.45) is 7.31. The van der Waals surface area contributed by atoms with E-state index in [0.717, 1.165) is 19.5 Å². The molecule has 116 valence electrons. The fourth-order valence-electron chi connectivity index (χ4n) is 2.72. The Morgan fingerprint density at radius 1 is 1.33 bits per heavy atom. The molecular formula is C16H24ClN3O. The standard InChI is InChI=1S/C16H24ClN3O/c1-2-10-18-15-13(8-9-14(17)20-15)16(21)19-11-12-6-4-3-5-7-12/h8-9,12H,2-7,10-11H2,1H3,(H,18,20)(H,19,21). The average molecular weight is 310 g/mol. The maximum atomic E-state index is 12.3. The minimum atomic E-state index is -0.0663. The maximum absolute atomic E-state index is 12.3. The third kappa shape index (κ3) is 4.88. The summed E-state index contributed by atoms with van der Waals surface area (Å²) >= 11 is 5.92. The Morgan fingerprint density at radius 3 is 2.81 bits per heavy atom. The van der Waals surface area contributed by atoms with E-state index in [2.05, 4.69) is 22.5 Å². The Morgan fingerprint density at radius 2 is 2.10 bits per heavy atom. The van der Waals surface area contributed by atoms with E-state index < -0.39 is 0 Å².